The van der Waals surface area contributed by atoms with Crippen molar-refractivity contribution in [3.8, 4) is 0 Å². The van der Waals surface area contributed by atoms with Crippen molar-refractivity contribution in [1.29, 1.82) is 0 Å². The molecule has 0 saturated carbocycles. The summed E-state index contributed by atoms with van der Waals surface area (Å²) in [5, 5.41) is 13.1. The van der Waals surface area contributed by atoms with E-state index in [-0.39, 0.29) is 5.91 Å². The third-order valence-electron chi connectivity index (χ3n) is 7.21. The maximum atomic E-state index is 12.3. The van der Waals surface area contributed by atoms with E-state index >= 15 is 0 Å². The summed E-state index contributed by atoms with van der Waals surface area (Å²) >= 11 is 0. The van der Waals surface area contributed by atoms with Crippen LogP contribution in [0, 0.1) is 0 Å². The number of carbonyl (C=O) groups is 1. The highest BCUT2D eigenvalue weighted by Gasteiger charge is 2.24. The fraction of sp³-hybridized carbons (Fsp3) is 0.903. The number of allylic oxidation sites excluding steroid dienone is 1. The van der Waals surface area contributed by atoms with Crippen LogP contribution in [0.5, 0.6) is 0 Å². The first-order valence-electron chi connectivity index (χ1n) is 15.9. The molecule has 3 N–H and O–H groups in total. The summed E-state index contributed by atoms with van der Waals surface area (Å²) in [4.78, 5) is 12.3. The summed E-state index contributed by atoms with van der Waals surface area (Å²) in [7, 11) is -4.32. The first kappa shape index (κ1) is 37.1. The van der Waals surface area contributed by atoms with Gasteiger partial charge in [-0.3, -0.25) is 9.35 Å². The molecule has 2 unspecified atom stereocenters. The molecule has 226 valence electrons. The molecule has 0 aromatic rings. The molecule has 0 heterocycles. The van der Waals surface area contributed by atoms with E-state index in [9.17, 15) is 22.9 Å². The van der Waals surface area contributed by atoms with Crippen molar-refractivity contribution in [1.82, 2.24) is 5.32 Å². The monoisotopic (exact) mass is 559 g/mol. The minimum atomic E-state index is -4.32. The highest BCUT2D eigenvalue weighted by Crippen LogP contribution is 2.14. The third-order valence-corrected chi connectivity index (χ3v) is 7.99. The van der Waals surface area contributed by atoms with Crippen LogP contribution in [0.25, 0.3) is 0 Å². The number of hydrogen-bond acceptors (Lipinski definition) is 4. The summed E-state index contributed by atoms with van der Waals surface area (Å²) in [5.74, 6) is -0.980. The Bertz CT molecular complexity index is 665. The molecule has 0 radical (unpaired) electrons. The van der Waals surface area contributed by atoms with Gasteiger partial charge in [-0.2, -0.15) is 8.42 Å². The second-order valence-corrected chi connectivity index (χ2v) is 12.6. The van der Waals surface area contributed by atoms with Gasteiger partial charge in [0.1, 0.15) is 0 Å². The highest BCUT2D eigenvalue weighted by atomic mass is 32.2. The normalized spacial score (nSPS) is 13.7. The molecular weight excluding hydrogens is 498 g/mol. The Kier molecular flexibility index (Phi) is 25.7. The van der Waals surface area contributed by atoms with Gasteiger partial charge in [0.2, 0.25) is 5.91 Å². The Labute approximate surface area is 235 Å². The Hall–Kier alpha value is -0.920. The van der Waals surface area contributed by atoms with E-state index in [1.165, 1.54) is 103 Å². The Morgan fingerprint density at radius 3 is 1.50 bits per heavy atom. The van der Waals surface area contributed by atoms with Crippen LogP contribution >= 0.6 is 0 Å². The van der Waals surface area contributed by atoms with Crippen molar-refractivity contribution < 1.29 is 22.9 Å². The van der Waals surface area contributed by atoms with E-state index in [1.807, 2.05) is 6.08 Å². The molecule has 0 aromatic carbocycles. The van der Waals surface area contributed by atoms with Gasteiger partial charge in [0.25, 0.3) is 10.1 Å². The average molecular weight is 560 g/mol. The number of rotatable bonds is 28. The molecule has 0 spiro atoms. The molecule has 38 heavy (non-hydrogen) atoms. The van der Waals surface area contributed by atoms with E-state index in [2.05, 4.69) is 19.2 Å². The predicted molar refractivity (Wildman–Crippen MR) is 161 cm³/mol. The molecule has 1 amide bonds. The molecule has 0 saturated heterocycles. The van der Waals surface area contributed by atoms with Crippen molar-refractivity contribution in [3.05, 3.63) is 12.2 Å². The standard InChI is InChI=1S/C31H61NO5S/c1-3-5-7-9-11-12-13-14-15-16-17-18-19-21-22-24-26-30(33)29(28-38(35,36)37)32-31(34)27-25-23-20-10-8-6-4-2/h24,26,29-30,33H,3-23,25,27-28H2,1-2H3,(H,32,34)(H,35,36,37)/b26-24+. The molecule has 7 heteroatoms. The van der Waals surface area contributed by atoms with Gasteiger partial charge in [0.05, 0.1) is 17.9 Å². The van der Waals surface area contributed by atoms with Crippen LogP contribution in [0.1, 0.15) is 162 Å². The fourth-order valence-corrected chi connectivity index (χ4v) is 5.53. The largest absolute Gasteiger partial charge is 0.387 e. The van der Waals surface area contributed by atoms with Crippen LogP contribution in [-0.2, 0) is 14.9 Å². The third kappa shape index (κ3) is 26.7. The number of nitrogens with one attached hydrogen (secondary N) is 1. The second-order valence-electron chi connectivity index (χ2n) is 11.1. The molecular formula is C31H61NO5S. The summed E-state index contributed by atoms with van der Waals surface area (Å²) in [6.45, 7) is 4.44. The quantitative estimate of drug-likeness (QED) is 0.0508. The van der Waals surface area contributed by atoms with E-state index in [0.29, 0.717) is 6.42 Å². The van der Waals surface area contributed by atoms with E-state index in [4.69, 9.17) is 0 Å². The second kappa shape index (κ2) is 26.3. The summed E-state index contributed by atoms with van der Waals surface area (Å²) in [5.41, 5.74) is 0. The van der Waals surface area contributed by atoms with Gasteiger partial charge in [-0.1, -0.05) is 148 Å². The topological polar surface area (TPSA) is 104 Å². The summed E-state index contributed by atoms with van der Waals surface area (Å²) in [6, 6.07) is -1.05. The molecule has 0 aromatic heterocycles. The SMILES string of the molecule is CCCCCCCCCCCCCCCC/C=C/C(O)C(CS(=O)(=O)O)NC(=O)CCCCCCCCC. The number of amides is 1. The zero-order valence-corrected chi connectivity index (χ0v) is 25.6. The van der Waals surface area contributed by atoms with Gasteiger partial charge in [0, 0.05) is 6.42 Å². The maximum absolute atomic E-state index is 12.3. The lowest BCUT2D eigenvalue weighted by Crippen LogP contribution is -2.46. The molecule has 2 atom stereocenters. The smallest absolute Gasteiger partial charge is 0.267 e. The van der Waals surface area contributed by atoms with E-state index in [0.717, 1.165) is 38.5 Å². The maximum Gasteiger partial charge on any atom is 0.267 e. The molecule has 0 aliphatic rings. The zero-order valence-electron chi connectivity index (χ0n) is 24.8. The lowest BCUT2D eigenvalue weighted by molar-refractivity contribution is -0.122. The van der Waals surface area contributed by atoms with Crippen LogP contribution in [0.15, 0.2) is 12.2 Å². The van der Waals surface area contributed by atoms with E-state index < -0.39 is 28.0 Å². The molecule has 6 nitrogen and oxygen atoms in total. The Balaban J connectivity index is 3.99. The average Bonchev–Trinajstić information content (AvgIpc) is 2.86. The van der Waals surface area contributed by atoms with Crippen LogP contribution in [0.3, 0.4) is 0 Å². The van der Waals surface area contributed by atoms with Gasteiger partial charge in [-0.15, -0.1) is 0 Å². The summed E-state index contributed by atoms with van der Waals surface area (Å²) < 4.78 is 32.1. The Morgan fingerprint density at radius 2 is 1.08 bits per heavy atom. The summed E-state index contributed by atoms with van der Waals surface area (Å²) in [6.07, 6.45) is 29.2. The minimum absolute atomic E-state index is 0.286. The van der Waals surface area contributed by atoms with Crippen molar-refractivity contribution >= 4 is 16.0 Å². The van der Waals surface area contributed by atoms with Crippen molar-refractivity contribution in [2.45, 2.75) is 174 Å². The van der Waals surface area contributed by atoms with Gasteiger partial charge in [0.15, 0.2) is 0 Å². The van der Waals surface area contributed by atoms with Crippen molar-refractivity contribution in [2.75, 3.05) is 5.75 Å². The number of carbonyl (C=O) groups excluding carboxylic acids is 1. The molecule has 0 aliphatic carbocycles. The van der Waals surface area contributed by atoms with Gasteiger partial charge in [-0.05, 0) is 19.3 Å². The van der Waals surface area contributed by atoms with Gasteiger partial charge < -0.3 is 10.4 Å². The lowest BCUT2D eigenvalue weighted by Gasteiger charge is -2.21. The Morgan fingerprint density at radius 1 is 0.684 bits per heavy atom. The molecule has 0 rings (SSSR count). The predicted octanol–water partition coefficient (Wildman–Crippen LogP) is 8.29. The minimum Gasteiger partial charge on any atom is -0.387 e. The van der Waals surface area contributed by atoms with Crippen LogP contribution in [0.4, 0.5) is 0 Å². The van der Waals surface area contributed by atoms with Crippen LogP contribution in [0.2, 0.25) is 0 Å². The first-order valence-corrected chi connectivity index (χ1v) is 17.5. The highest BCUT2D eigenvalue weighted by molar-refractivity contribution is 7.85. The molecule has 0 fully saturated rings. The molecule has 0 aliphatic heterocycles. The van der Waals surface area contributed by atoms with Crippen molar-refractivity contribution in [3.63, 3.8) is 0 Å². The molecule has 0 bridgehead atoms. The van der Waals surface area contributed by atoms with Gasteiger partial charge in [-0.25, -0.2) is 0 Å². The number of aliphatic hydroxyl groups is 1. The number of unbranched alkanes of at least 4 members (excludes halogenated alkanes) is 20. The van der Waals surface area contributed by atoms with Gasteiger partial charge >= 0.3 is 0 Å². The van der Waals surface area contributed by atoms with E-state index in [1.54, 1.807) is 6.08 Å². The van der Waals surface area contributed by atoms with Crippen molar-refractivity contribution in [2.24, 2.45) is 0 Å². The van der Waals surface area contributed by atoms with Crippen LogP contribution < -0.4 is 5.32 Å². The zero-order chi connectivity index (χ0) is 28.3. The fourth-order valence-electron chi connectivity index (χ4n) is 4.80. The first-order chi connectivity index (χ1) is 18.3. The number of hydrogen-bond donors (Lipinski definition) is 3. The number of aliphatic hydroxyl groups excluding tert-OH is 1. The lowest BCUT2D eigenvalue weighted by atomic mass is 10.0. The van der Waals surface area contributed by atoms with Crippen LogP contribution in [-0.4, -0.2) is 41.9 Å².